The molecular formula is C17H18BrNO4S2. The van der Waals surface area contributed by atoms with E-state index in [9.17, 15) is 16.8 Å². The lowest BCUT2D eigenvalue weighted by Crippen LogP contribution is -2.40. The quantitative estimate of drug-likeness (QED) is 0.711. The van der Waals surface area contributed by atoms with E-state index in [1.165, 1.54) is 16.4 Å². The molecule has 0 radical (unpaired) electrons. The molecule has 0 aliphatic carbocycles. The number of sulfone groups is 1. The molecular weight excluding hydrogens is 426 g/mol. The fourth-order valence-electron chi connectivity index (χ4n) is 2.92. The second-order valence-electron chi connectivity index (χ2n) is 6.05. The fraction of sp³-hybridized carbons (Fsp3) is 0.294. The summed E-state index contributed by atoms with van der Waals surface area (Å²) in [7, 11) is -7.00. The molecule has 25 heavy (non-hydrogen) atoms. The summed E-state index contributed by atoms with van der Waals surface area (Å²) in [5.74, 6) is -0.103. The van der Waals surface area contributed by atoms with E-state index < -0.39 is 25.9 Å². The average molecular weight is 444 g/mol. The SMILES string of the molecule is O=S1(=O)CC[C@@H](N(Cc2ccccc2)S(=O)(=O)c2ccc(Br)cc2)C1. The van der Waals surface area contributed by atoms with Crippen LogP contribution in [0.4, 0.5) is 0 Å². The maximum absolute atomic E-state index is 13.2. The average Bonchev–Trinajstić information content (AvgIpc) is 2.93. The molecule has 0 bridgehead atoms. The lowest BCUT2D eigenvalue weighted by molar-refractivity contribution is 0.334. The molecule has 1 aliphatic heterocycles. The summed E-state index contributed by atoms with van der Waals surface area (Å²) < 4.78 is 52.2. The van der Waals surface area contributed by atoms with Gasteiger partial charge in [-0.2, -0.15) is 4.31 Å². The first-order valence-corrected chi connectivity index (χ1v) is 11.9. The van der Waals surface area contributed by atoms with Crippen LogP contribution in [0.3, 0.4) is 0 Å². The van der Waals surface area contributed by atoms with Crippen molar-refractivity contribution in [1.29, 1.82) is 0 Å². The highest BCUT2D eigenvalue weighted by Gasteiger charge is 2.38. The number of halogens is 1. The Morgan fingerprint density at radius 2 is 1.68 bits per heavy atom. The largest absolute Gasteiger partial charge is 0.243 e. The first kappa shape index (κ1) is 18.6. The van der Waals surface area contributed by atoms with Crippen LogP contribution in [0.1, 0.15) is 12.0 Å². The van der Waals surface area contributed by atoms with Crippen LogP contribution in [0.25, 0.3) is 0 Å². The van der Waals surface area contributed by atoms with E-state index in [1.807, 2.05) is 30.3 Å². The minimum absolute atomic E-state index is 0.0266. The van der Waals surface area contributed by atoms with Gasteiger partial charge in [-0.05, 0) is 36.2 Å². The fourth-order valence-corrected chi connectivity index (χ4v) is 6.65. The highest BCUT2D eigenvalue weighted by molar-refractivity contribution is 9.10. The summed E-state index contributed by atoms with van der Waals surface area (Å²) in [5.41, 5.74) is 0.826. The Morgan fingerprint density at radius 3 is 2.24 bits per heavy atom. The molecule has 134 valence electrons. The van der Waals surface area contributed by atoms with Crippen molar-refractivity contribution in [3.05, 3.63) is 64.6 Å². The summed E-state index contributed by atoms with van der Waals surface area (Å²) in [4.78, 5) is 0.163. The second-order valence-corrected chi connectivity index (χ2v) is 11.1. The van der Waals surface area contributed by atoms with E-state index in [2.05, 4.69) is 15.9 Å². The highest BCUT2D eigenvalue weighted by Crippen LogP contribution is 2.27. The lowest BCUT2D eigenvalue weighted by atomic mass is 10.2. The van der Waals surface area contributed by atoms with E-state index in [0.717, 1.165) is 10.0 Å². The van der Waals surface area contributed by atoms with Gasteiger partial charge in [0.2, 0.25) is 10.0 Å². The van der Waals surface area contributed by atoms with Gasteiger partial charge in [0, 0.05) is 17.1 Å². The van der Waals surface area contributed by atoms with Gasteiger partial charge < -0.3 is 0 Å². The first-order valence-electron chi connectivity index (χ1n) is 7.80. The summed E-state index contributed by atoms with van der Waals surface area (Å²) in [6, 6.07) is 15.1. The summed E-state index contributed by atoms with van der Waals surface area (Å²) >= 11 is 3.30. The third kappa shape index (κ3) is 4.31. The predicted octanol–water partition coefficient (Wildman–Crippen LogP) is 2.83. The van der Waals surface area contributed by atoms with Crippen LogP contribution in [-0.4, -0.2) is 38.7 Å². The molecule has 5 nitrogen and oxygen atoms in total. The number of hydrogen-bond acceptors (Lipinski definition) is 4. The third-order valence-corrected chi connectivity index (χ3v) is 8.41. The van der Waals surface area contributed by atoms with Gasteiger partial charge in [0.15, 0.2) is 9.84 Å². The van der Waals surface area contributed by atoms with Crippen LogP contribution in [0.5, 0.6) is 0 Å². The Hall–Kier alpha value is -1.22. The molecule has 0 N–H and O–H groups in total. The Labute approximate surface area is 156 Å². The summed E-state index contributed by atoms with van der Waals surface area (Å²) in [5, 5.41) is 0. The maximum Gasteiger partial charge on any atom is 0.243 e. The monoisotopic (exact) mass is 443 g/mol. The lowest BCUT2D eigenvalue weighted by Gasteiger charge is -2.27. The topological polar surface area (TPSA) is 71.5 Å². The van der Waals surface area contributed by atoms with Gasteiger partial charge in [0.1, 0.15) is 0 Å². The number of rotatable bonds is 5. The Kier molecular flexibility index (Phi) is 5.34. The standard InChI is InChI=1S/C17H18BrNO4S2/c18-15-6-8-17(9-7-15)25(22,23)19(12-14-4-2-1-3-5-14)16-10-11-24(20,21)13-16/h1-9,16H,10-13H2/t16-/m1/s1. The van der Waals surface area contributed by atoms with Gasteiger partial charge in [-0.25, -0.2) is 16.8 Å². The molecule has 8 heteroatoms. The zero-order valence-corrected chi connectivity index (χ0v) is 16.6. The molecule has 0 amide bonds. The van der Waals surface area contributed by atoms with E-state index in [4.69, 9.17) is 0 Å². The van der Waals surface area contributed by atoms with Gasteiger partial charge in [0.05, 0.1) is 16.4 Å². The second kappa shape index (κ2) is 7.19. The van der Waals surface area contributed by atoms with Crippen LogP contribution < -0.4 is 0 Å². The van der Waals surface area contributed by atoms with E-state index in [-0.39, 0.29) is 22.9 Å². The molecule has 0 unspecified atom stereocenters. The molecule has 1 aliphatic rings. The van der Waals surface area contributed by atoms with Gasteiger partial charge in [-0.15, -0.1) is 0 Å². The van der Waals surface area contributed by atoms with Crippen molar-refractivity contribution in [2.75, 3.05) is 11.5 Å². The van der Waals surface area contributed by atoms with Crippen molar-refractivity contribution in [1.82, 2.24) is 4.31 Å². The van der Waals surface area contributed by atoms with Crippen LogP contribution in [0.2, 0.25) is 0 Å². The molecule has 0 aromatic heterocycles. The minimum atomic E-state index is -3.80. The van der Waals surface area contributed by atoms with Crippen molar-refractivity contribution < 1.29 is 16.8 Å². The van der Waals surface area contributed by atoms with Crippen LogP contribution in [0, 0.1) is 0 Å². The van der Waals surface area contributed by atoms with E-state index >= 15 is 0 Å². The van der Waals surface area contributed by atoms with Crippen molar-refractivity contribution in [3.63, 3.8) is 0 Å². The predicted molar refractivity (Wildman–Crippen MR) is 100 cm³/mol. The van der Waals surface area contributed by atoms with Crippen LogP contribution in [-0.2, 0) is 26.4 Å². The van der Waals surface area contributed by atoms with Crippen LogP contribution >= 0.6 is 15.9 Å². The van der Waals surface area contributed by atoms with Gasteiger partial charge in [0.25, 0.3) is 0 Å². The molecule has 1 fully saturated rings. The molecule has 3 rings (SSSR count). The van der Waals surface area contributed by atoms with Gasteiger partial charge in [-0.3, -0.25) is 0 Å². The molecule has 0 spiro atoms. The first-order chi connectivity index (χ1) is 11.8. The van der Waals surface area contributed by atoms with Crippen LogP contribution in [0.15, 0.2) is 64.0 Å². The van der Waals surface area contributed by atoms with Crippen molar-refractivity contribution in [2.45, 2.75) is 23.9 Å². The van der Waals surface area contributed by atoms with Crippen molar-refractivity contribution in [3.8, 4) is 0 Å². The number of benzene rings is 2. The highest BCUT2D eigenvalue weighted by atomic mass is 79.9. The zero-order chi connectivity index (χ0) is 18.1. The number of sulfonamides is 1. The Morgan fingerprint density at radius 1 is 1.04 bits per heavy atom. The minimum Gasteiger partial charge on any atom is -0.229 e. The summed E-state index contributed by atoms with van der Waals surface area (Å²) in [6.45, 7) is 0.152. The van der Waals surface area contributed by atoms with Crippen molar-refractivity contribution >= 4 is 35.8 Å². The van der Waals surface area contributed by atoms with E-state index in [0.29, 0.717) is 6.42 Å². The number of nitrogens with zero attached hydrogens (tertiary/aromatic N) is 1. The molecule has 1 heterocycles. The molecule has 2 aromatic rings. The van der Waals surface area contributed by atoms with Gasteiger partial charge in [-0.1, -0.05) is 46.3 Å². The van der Waals surface area contributed by atoms with Crippen molar-refractivity contribution in [2.24, 2.45) is 0 Å². The Balaban J connectivity index is 1.99. The van der Waals surface area contributed by atoms with Gasteiger partial charge >= 0.3 is 0 Å². The molecule has 1 saturated heterocycles. The zero-order valence-electron chi connectivity index (χ0n) is 13.4. The smallest absolute Gasteiger partial charge is 0.229 e. The summed E-state index contributed by atoms with van der Waals surface area (Å²) in [6.07, 6.45) is 0.324. The maximum atomic E-state index is 13.2. The number of hydrogen-bond donors (Lipinski definition) is 0. The Bertz CT molecular complexity index is 942. The molecule has 2 aromatic carbocycles. The third-order valence-electron chi connectivity index (χ3n) is 4.22. The molecule has 1 atom stereocenters. The molecule has 0 saturated carbocycles. The van der Waals surface area contributed by atoms with E-state index in [1.54, 1.807) is 12.1 Å². The normalized spacial score (nSPS) is 20.0.